The number of aliphatic hydroxyl groups is 1. The molecule has 0 aliphatic carbocycles. The van der Waals surface area contributed by atoms with Crippen LogP contribution in [0.3, 0.4) is 0 Å². The predicted octanol–water partition coefficient (Wildman–Crippen LogP) is 3.47. The monoisotopic (exact) mass is 284 g/mol. The Bertz CT molecular complexity index is 766. The first-order valence-corrected chi connectivity index (χ1v) is 7.06. The summed E-state index contributed by atoms with van der Waals surface area (Å²) in [6.45, 7) is 2.83. The molecule has 1 unspecified atom stereocenters. The van der Waals surface area contributed by atoms with Crippen LogP contribution in [-0.4, -0.2) is 14.7 Å². The van der Waals surface area contributed by atoms with Gasteiger partial charge in [0.15, 0.2) is 0 Å². The number of halogens is 1. The Morgan fingerprint density at radius 2 is 2.00 bits per heavy atom. The molecule has 0 saturated carbocycles. The standard InChI is InChI=1S/C17H17FN2O/c1-2-20-15-9-4-3-8-14(15)19-17(20)11-16(21)12-6-5-7-13(18)10-12/h3-10,16,21H,2,11H2,1H3. The van der Waals surface area contributed by atoms with Gasteiger partial charge in [0.1, 0.15) is 11.6 Å². The van der Waals surface area contributed by atoms with Gasteiger partial charge in [-0.05, 0) is 36.8 Å². The van der Waals surface area contributed by atoms with E-state index in [0.717, 1.165) is 23.4 Å². The molecule has 0 aliphatic heterocycles. The number of hydrogen-bond donors (Lipinski definition) is 1. The van der Waals surface area contributed by atoms with Crippen LogP contribution in [0, 0.1) is 5.82 Å². The Labute approximate surface area is 122 Å². The third-order valence-corrected chi connectivity index (χ3v) is 3.66. The van der Waals surface area contributed by atoms with Crippen LogP contribution in [-0.2, 0) is 13.0 Å². The first-order valence-electron chi connectivity index (χ1n) is 7.06. The lowest BCUT2D eigenvalue weighted by Gasteiger charge is -2.12. The Morgan fingerprint density at radius 1 is 1.19 bits per heavy atom. The van der Waals surface area contributed by atoms with Gasteiger partial charge >= 0.3 is 0 Å². The maximum absolute atomic E-state index is 13.2. The van der Waals surface area contributed by atoms with Gasteiger partial charge < -0.3 is 9.67 Å². The highest BCUT2D eigenvalue weighted by molar-refractivity contribution is 5.75. The zero-order valence-corrected chi connectivity index (χ0v) is 11.8. The van der Waals surface area contributed by atoms with Crippen LogP contribution >= 0.6 is 0 Å². The molecule has 108 valence electrons. The zero-order valence-electron chi connectivity index (χ0n) is 11.8. The van der Waals surface area contributed by atoms with Crippen molar-refractivity contribution in [1.29, 1.82) is 0 Å². The van der Waals surface area contributed by atoms with Crippen molar-refractivity contribution in [3.63, 3.8) is 0 Å². The number of imidazole rings is 1. The van der Waals surface area contributed by atoms with Crippen molar-refractivity contribution in [2.45, 2.75) is 26.0 Å². The van der Waals surface area contributed by atoms with Gasteiger partial charge in [0, 0.05) is 13.0 Å². The summed E-state index contributed by atoms with van der Waals surface area (Å²) in [7, 11) is 0. The molecule has 0 fully saturated rings. The summed E-state index contributed by atoms with van der Waals surface area (Å²) in [4.78, 5) is 4.58. The molecule has 1 N–H and O–H groups in total. The van der Waals surface area contributed by atoms with Crippen molar-refractivity contribution in [2.75, 3.05) is 0 Å². The number of benzene rings is 2. The minimum absolute atomic E-state index is 0.337. The van der Waals surface area contributed by atoms with Gasteiger partial charge in [0.25, 0.3) is 0 Å². The van der Waals surface area contributed by atoms with Gasteiger partial charge in [-0.1, -0.05) is 24.3 Å². The largest absolute Gasteiger partial charge is 0.388 e. The molecule has 1 aromatic heterocycles. The number of nitrogens with zero attached hydrogens (tertiary/aromatic N) is 2. The summed E-state index contributed by atoms with van der Waals surface area (Å²) in [6, 6.07) is 14.0. The lowest BCUT2D eigenvalue weighted by molar-refractivity contribution is 0.174. The molecular weight excluding hydrogens is 267 g/mol. The molecule has 0 spiro atoms. The van der Waals surface area contributed by atoms with Gasteiger partial charge in [0.2, 0.25) is 0 Å². The number of fused-ring (bicyclic) bond motifs is 1. The summed E-state index contributed by atoms with van der Waals surface area (Å²) in [5.41, 5.74) is 2.55. The normalized spacial score (nSPS) is 12.7. The SMILES string of the molecule is CCn1c(CC(O)c2cccc(F)c2)nc2ccccc21. The predicted molar refractivity (Wildman–Crippen MR) is 80.5 cm³/mol. The van der Waals surface area contributed by atoms with E-state index in [-0.39, 0.29) is 5.82 Å². The Morgan fingerprint density at radius 3 is 2.76 bits per heavy atom. The van der Waals surface area contributed by atoms with E-state index in [9.17, 15) is 9.50 Å². The molecule has 0 saturated heterocycles. The number of para-hydroxylation sites is 2. The van der Waals surface area contributed by atoms with Gasteiger partial charge in [-0.25, -0.2) is 9.37 Å². The van der Waals surface area contributed by atoms with Crippen LogP contribution < -0.4 is 0 Å². The molecule has 3 nitrogen and oxygen atoms in total. The zero-order chi connectivity index (χ0) is 14.8. The molecule has 0 amide bonds. The number of aliphatic hydroxyl groups excluding tert-OH is 1. The number of aromatic nitrogens is 2. The van der Waals surface area contributed by atoms with Gasteiger partial charge in [-0.2, -0.15) is 0 Å². The first kappa shape index (κ1) is 13.8. The molecule has 0 bridgehead atoms. The molecule has 1 heterocycles. The van der Waals surface area contributed by atoms with Crippen molar-refractivity contribution in [3.8, 4) is 0 Å². The Kier molecular flexibility index (Phi) is 3.71. The number of hydrogen-bond acceptors (Lipinski definition) is 2. The van der Waals surface area contributed by atoms with Crippen molar-refractivity contribution in [3.05, 3.63) is 65.7 Å². The van der Waals surface area contributed by atoms with E-state index in [0.29, 0.717) is 12.0 Å². The summed E-state index contributed by atoms with van der Waals surface area (Å²) in [5, 5.41) is 10.3. The van der Waals surface area contributed by atoms with E-state index in [4.69, 9.17) is 0 Å². The number of rotatable bonds is 4. The van der Waals surface area contributed by atoms with E-state index < -0.39 is 6.10 Å². The molecule has 4 heteroatoms. The molecule has 1 atom stereocenters. The van der Waals surface area contributed by atoms with Gasteiger partial charge in [-0.3, -0.25) is 0 Å². The first-order chi connectivity index (χ1) is 10.2. The van der Waals surface area contributed by atoms with E-state index in [2.05, 4.69) is 9.55 Å². The Hall–Kier alpha value is -2.20. The fraction of sp³-hybridized carbons (Fsp3) is 0.235. The smallest absolute Gasteiger partial charge is 0.123 e. The third kappa shape index (κ3) is 2.67. The molecule has 21 heavy (non-hydrogen) atoms. The minimum atomic E-state index is -0.761. The molecule has 0 radical (unpaired) electrons. The quantitative estimate of drug-likeness (QED) is 0.796. The van der Waals surface area contributed by atoms with Crippen LogP contribution in [0.25, 0.3) is 11.0 Å². The second-order valence-electron chi connectivity index (χ2n) is 5.04. The molecule has 3 aromatic rings. The maximum Gasteiger partial charge on any atom is 0.123 e. The summed E-state index contributed by atoms with van der Waals surface area (Å²) < 4.78 is 15.3. The highest BCUT2D eigenvalue weighted by Crippen LogP contribution is 2.22. The minimum Gasteiger partial charge on any atom is -0.388 e. The molecule has 2 aromatic carbocycles. The topological polar surface area (TPSA) is 38.0 Å². The lowest BCUT2D eigenvalue weighted by atomic mass is 10.1. The molecular formula is C17H17FN2O. The van der Waals surface area contributed by atoms with Crippen molar-refractivity contribution >= 4 is 11.0 Å². The van der Waals surface area contributed by atoms with Crippen molar-refractivity contribution in [2.24, 2.45) is 0 Å². The summed E-state index contributed by atoms with van der Waals surface area (Å²) >= 11 is 0. The van der Waals surface area contributed by atoms with Crippen LogP contribution in [0.1, 0.15) is 24.4 Å². The van der Waals surface area contributed by atoms with Crippen LogP contribution in [0.15, 0.2) is 48.5 Å². The van der Waals surface area contributed by atoms with Crippen molar-refractivity contribution < 1.29 is 9.50 Å². The van der Waals surface area contributed by atoms with E-state index in [1.165, 1.54) is 12.1 Å². The highest BCUT2D eigenvalue weighted by Gasteiger charge is 2.15. The second-order valence-corrected chi connectivity index (χ2v) is 5.04. The van der Waals surface area contributed by atoms with Crippen LogP contribution in [0.2, 0.25) is 0 Å². The third-order valence-electron chi connectivity index (χ3n) is 3.66. The maximum atomic E-state index is 13.2. The average Bonchev–Trinajstić information content (AvgIpc) is 2.84. The molecule has 0 aliphatic rings. The fourth-order valence-corrected chi connectivity index (χ4v) is 2.64. The average molecular weight is 284 g/mol. The van der Waals surface area contributed by atoms with E-state index in [1.54, 1.807) is 12.1 Å². The lowest BCUT2D eigenvalue weighted by Crippen LogP contribution is -2.08. The number of aryl methyl sites for hydroxylation is 1. The van der Waals surface area contributed by atoms with E-state index >= 15 is 0 Å². The van der Waals surface area contributed by atoms with Crippen LogP contribution in [0.4, 0.5) is 4.39 Å². The van der Waals surface area contributed by atoms with Gasteiger partial charge in [0.05, 0.1) is 17.1 Å². The second kappa shape index (κ2) is 5.66. The van der Waals surface area contributed by atoms with E-state index in [1.807, 2.05) is 31.2 Å². The fourth-order valence-electron chi connectivity index (χ4n) is 2.64. The molecule has 3 rings (SSSR count). The van der Waals surface area contributed by atoms with Gasteiger partial charge in [-0.15, -0.1) is 0 Å². The van der Waals surface area contributed by atoms with Crippen molar-refractivity contribution in [1.82, 2.24) is 9.55 Å². The summed E-state index contributed by atoms with van der Waals surface area (Å²) in [6.07, 6.45) is -0.394. The Balaban J connectivity index is 1.94. The highest BCUT2D eigenvalue weighted by atomic mass is 19.1. The summed E-state index contributed by atoms with van der Waals surface area (Å²) in [5.74, 6) is 0.478. The van der Waals surface area contributed by atoms with Crippen LogP contribution in [0.5, 0.6) is 0 Å².